The topological polar surface area (TPSA) is 29.3 Å². The number of hydrogen-bond acceptors (Lipinski definition) is 2. The molecule has 0 aliphatic rings. The van der Waals surface area contributed by atoms with E-state index < -0.39 is 0 Å². The van der Waals surface area contributed by atoms with Crippen LogP contribution in [0.1, 0.15) is 12.5 Å². The molecule has 0 atom stereocenters. The van der Waals surface area contributed by atoms with E-state index in [2.05, 4.69) is 0 Å². The molecule has 0 spiro atoms. The lowest BCUT2D eigenvalue weighted by molar-refractivity contribution is 0.625. The highest BCUT2D eigenvalue weighted by molar-refractivity contribution is 5.77. The summed E-state index contributed by atoms with van der Waals surface area (Å²) in [5.41, 5.74) is 9.17. The second-order valence-electron chi connectivity index (χ2n) is 4.21. The van der Waals surface area contributed by atoms with E-state index in [1.54, 1.807) is 12.1 Å². The smallest absolute Gasteiger partial charge is 0.146 e. The molecule has 3 heteroatoms. The Hall–Kier alpha value is -2.03. The Bertz CT molecular complexity index is 532. The minimum absolute atomic E-state index is 0.234. The average molecular weight is 244 g/mol. The number of anilines is 3. The molecule has 0 bridgehead atoms. The maximum absolute atomic E-state index is 13.9. The van der Waals surface area contributed by atoms with E-state index >= 15 is 0 Å². The third-order valence-electron chi connectivity index (χ3n) is 3.00. The molecule has 0 aliphatic heterocycles. The van der Waals surface area contributed by atoms with Crippen molar-refractivity contribution in [1.82, 2.24) is 0 Å². The third kappa shape index (κ3) is 2.16. The fourth-order valence-corrected chi connectivity index (χ4v) is 2.17. The lowest BCUT2D eigenvalue weighted by Crippen LogP contribution is -2.19. The monoisotopic (exact) mass is 244 g/mol. The summed E-state index contributed by atoms with van der Waals surface area (Å²) in [5, 5.41) is 0. The molecule has 0 saturated heterocycles. The second-order valence-corrected chi connectivity index (χ2v) is 4.21. The Morgan fingerprint density at radius 3 is 2.44 bits per heavy atom. The van der Waals surface area contributed by atoms with Crippen LogP contribution < -0.4 is 10.6 Å². The van der Waals surface area contributed by atoms with Gasteiger partial charge in [0, 0.05) is 6.54 Å². The zero-order chi connectivity index (χ0) is 13.1. The van der Waals surface area contributed by atoms with Crippen LogP contribution in [0.25, 0.3) is 0 Å². The summed E-state index contributed by atoms with van der Waals surface area (Å²) in [6.45, 7) is 4.63. The third-order valence-corrected chi connectivity index (χ3v) is 3.00. The normalized spacial score (nSPS) is 10.4. The van der Waals surface area contributed by atoms with Crippen LogP contribution in [0.2, 0.25) is 0 Å². The maximum Gasteiger partial charge on any atom is 0.146 e. The number of nitrogens with zero attached hydrogens (tertiary/aromatic N) is 1. The molecule has 2 aromatic rings. The van der Waals surface area contributed by atoms with Gasteiger partial charge in [0.25, 0.3) is 0 Å². The number of nitrogens with two attached hydrogens (primary N) is 1. The maximum atomic E-state index is 13.9. The molecule has 0 aliphatic carbocycles. The summed E-state index contributed by atoms with van der Waals surface area (Å²) >= 11 is 0. The Morgan fingerprint density at radius 2 is 1.83 bits per heavy atom. The molecule has 0 aromatic heterocycles. The highest BCUT2D eigenvalue weighted by Gasteiger charge is 2.15. The van der Waals surface area contributed by atoms with E-state index in [0.29, 0.717) is 17.9 Å². The van der Waals surface area contributed by atoms with Crippen LogP contribution in [0.5, 0.6) is 0 Å². The minimum Gasteiger partial charge on any atom is -0.397 e. The van der Waals surface area contributed by atoms with Gasteiger partial charge < -0.3 is 10.6 Å². The zero-order valence-electron chi connectivity index (χ0n) is 10.7. The number of hydrogen-bond donors (Lipinski definition) is 1. The van der Waals surface area contributed by atoms with Gasteiger partial charge in [-0.05, 0) is 37.6 Å². The van der Waals surface area contributed by atoms with Gasteiger partial charge in [-0.2, -0.15) is 0 Å². The van der Waals surface area contributed by atoms with Crippen LogP contribution in [0.4, 0.5) is 21.5 Å². The van der Waals surface area contributed by atoms with Crippen molar-refractivity contribution in [3.05, 3.63) is 53.8 Å². The van der Waals surface area contributed by atoms with Crippen LogP contribution in [0.15, 0.2) is 42.5 Å². The lowest BCUT2D eigenvalue weighted by atomic mass is 10.1. The minimum atomic E-state index is -0.234. The molecule has 0 fully saturated rings. The molecule has 0 amide bonds. The predicted octanol–water partition coefficient (Wildman–Crippen LogP) is 3.87. The molecule has 0 unspecified atom stereocenters. The van der Waals surface area contributed by atoms with Crippen molar-refractivity contribution in [3.8, 4) is 0 Å². The van der Waals surface area contributed by atoms with Crippen molar-refractivity contribution < 1.29 is 4.39 Å². The van der Waals surface area contributed by atoms with Gasteiger partial charge in [0.1, 0.15) is 5.82 Å². The summed E-state index contributed by atoms with van der Waals surface area (Å²) < 4.78 is 13.9. The molecule has 94 valence electrons. The van der Waals surface area contributed by atoms with E-state index in [1.165, 1.54) is 6.07 Å². The van der Waals surface area contributed by atoms with E-state index in [1.807, 2.05) is 43.0 Å². The average Bonchev–Trinajstić information content (AvgIpc) is 2.35. The van der Waals surface area contributed by atoms with Crippen molar-refractivity contribution in [3.63, 3.8) is 0 Å². The number of aryl methyl sites for hydroxylation is 1. The fourth-order valence-electron chi connectivity index (χ4n) is 2.17. The number of halogens is 1. The van der Waals surface area contributed by atoms with Crippen molar-refractivity contribution >= 4 is 17.1 Å². The fraction of sp³-hybridized carbons (Fsp3) is 0.200. The summed E-state index contributed by atoms with van der Waals surface area (Å²) in [6.07, 6.45) is 0. The first-order valence-corrected chi connectivity index (χ1v) is 6.02. The van der Waals surface area contributed by atoms with E-state index in [9.17, 15) is 4.39 Å². The van der Waals surface area contributed by atoms with E-state index in [-0.39, 0.29) is 5.82 Å². The quantitative estimate of drug-likeness (QED) is 0.830. The van der Waals surface area contributed by atoms with E-state index in [4.69, 9.17) is 5.73 Å². The first-order chi connectivity index (χ1) is 8.65. The zero-order valence-corrected chi connectivity index (χ0v) is 10.7. The molecule has 0 heterocycles. The summed E-state index contributed by atoms with van der Waals surface area (Å²) in [6, 6.07) is 12.5. The van der Waals surface area contributed by atoms with Crippen molar-refractivity contribution in [1.29, 1.82) is 0 Å². The second kappa shape index (κ2) is 5.08. The van der Waals surface area contributed by atoms with Crippen LogP contribution in [0, 0.1) is 12.7 Å². The number of nitrogen functional groups attached to an aromatic ring is 1. The Kier molecular flexibility index (Phi) is 3.51. The van der Waals surface area contributed by atoms with Crippen molar-refractivity contribution in [2.45, 2.75) is 13.8 Å². The van der Waals surface area contributed by atoms with Gasteiger partial charge in [-0.1, -0.05) is 24.3 Å². The molecule has 2 nitrogen and oxygen atoms in total. The molecule has 2 aromatic carbocycles. The molecule has 0 radical (unpaired) electrons. The van der Waals surface area contributed by atoms with Gasteiger partial charge in [0.05, 0.1) is 17.1 Å². The molecule has 18 heavy (non-hydrogen) atoms. The lowest BCUT2D eigenvalue weighted by Gasteiger charge is -2.26. The van der Waals surface area contributed by atoms with Crippen molar-refractivity contribution in [2.75, 3.05) is 17.2 Å². The first kappa shape index (κ1) is 12.4. The summed E-state index contributed by atoms with van der Waals surface area (Å²) in [4.78, 5) is 1.90. The Labute approximate surface area is 107 Å². The van der Waals surface area contributed by atoms with Gasteiger partial charge in [-0.25, -0.2) is 4.39 Å². The van der Waals surface area contributed by atoms with E-state index in [0.717, 1.165) is 11.3 Å². The van der Waals surface area contributed by atoms with Crippen LogP contribution in [-0.2, 0) is 0 Å². The Balaban J connectivity index is 2.56. The summed E-state index contributed by atoms with van der Waals surface area (Å²) in [5.74, 6) is -0.234. The molecular weight excluding hydrogens is 227 g/mol. The number of rotatable bonds is 3. The van der Waals surface area contributed by atoms with Gasteiger partial charge in [0.2, 0.25) is 0 Å². The predicted molar refractivity (Wildman–Crippen MR) is 74.7 cm³/mol. The largest absolute Gasteiger partial charge is 0.397 e. The number of benzene rings is 2. The highest BCUT2D eigenvalue weighted by atomic mass is 19.1. The number of para-hydroxylation sites is 2. The first-order valence-electron chi connectivity index (χ1n) is 6.02. The van der Waals surface area contributed by atoms with Crippen LogP contribution in [0.3, 0.4) is 0 Å². The van der Waals surface area contributed by atoms with Crippen LogP contribution in [-0.4, -0.2) is 6.54 Å². The van der Waals surface area contributed by atoms with Gasteiger partial charge >= 0.3 is 0 Å². The molecule has 0 saturated carbocycles. The van der Waals surface area contributed by atoms with Crippen LogP contribution >= 0.6 is 0 Å². The van der Waals surface area contributed by atoms with Gasteiger partial charge in [0.15, 0.2) is 0 Å². The molecule has 2 rings (SSSR count). The van der Waals surface area contributed by atoms with Gasteiger partial charge in [-0.3, -0.25) is 0 Å². The standard InChI is InChI=1S/C15H17FN2/c1-3-18(14-10-5-4-8-12(14)16)15-11(2)7-6-9-13(15)17/h4-10H,3,17H2,1-2H3. The summed E-state index contributed by atoms with van der Waals surface area (Å²) in [7, 11) is 0. The Morgan fingerprint density at radius 1 is 1.11 bits per heavy atom. The highest BCUT2D eigenvalue weighted by Crippen LogP contribution is 2.34. The molecular formula is C15H17FN2. The van der Waals surface area contributed by atoms with Crippen molar-refractivity contribution in [2.24, 2.45) is 0 Å². The van der Waals surface area contributed by atoms with Gasteiger partial charge in [-0.15, -0.1) is 0 Å². The SMILES string of the molecule is CCN(c1ccccc1F)c1c(C)cccc1N. The molecule has 2 N–H and O–H groups in total.